The van der Waals surface area contributed by atoms with Gasteiger partial charge in [0.1, 0.15) is 5.84 Å². The van der Waals surface area contributed by atoms with Crippen molar-refractivity contribution in [3.05, 3.63) is 0 Å². The average molecular weight is 285 g/mol. The lowest BCUT2D eigenvalue weighted by Crippen LogP contribution is -2.34. The van der Waals surface area contributed by atoms with Crippen LogP contribution in [-0.4, -0.2) is 35.3 Å². The van der Waals surface area contributed by atoms with E-state index in [-0.39, 0.29) is 11.5 Å². The van der Waals surface area contributed by atoms with Crippen LogP contribution < -0.4 is 11.1 Å². The fourth-order valence-electron chi connectivity index (χ4n) is 2.79. The van der Waals surface area contributed by atoms with Gasteiger partial charge in [0.25, 0.3) is 0 Å². The average Bonchev–Trinajstić information content (AvgIpc) is 2.43. The van der Waals surface area contributed by atoms with E-state index in [1.54, 1.807) is 0 Å². The zero-order valence-electron chi connectivity index (χ0n) is 12.9. The van der Waals surface area contributed by atoms with Crippen molar-refractivity contribution in [2.24, 2.45) is 22.2 Å². The molecule has 1 fully saturated rings. The van der Waals surface area contributed by atoms with Crippen LogP contribution in [0.5, 0.6) is 0 Å². The van der Waals surface area contributed by atoms with E-state index in [1.165, 1.54) is 12.8 Å². The van der Waals surface area contributed by atoms with Gasteiger partial charge in [-0.1, -0.05) is 38.3 Å². The van der Waals surface area contributed by atoms with E-state index in [0.717, 1.165) is 45.2 Å². The Labute approximate surface area is 122 Å². The second-order valence-corrected chi connectivity index (χ2v) is 6.64. The van der Waals surface area contributed by atoms with Gasteiger partial charge in [0, 0.05) is 12.0 Å². The highest BCUT2D eigenvalue weighted by Crippen LogP contribution is 2.24. The third kappa shape index (κ3) is 5.67. The molecule has 1 saturated carbocycles. The lowest BCUT2D eigenvalue weighted by molar-refractivity contribution is 0.0697. The van der Waals surface area contributed by atoms with Crippen LogP contribution >= 0.6 is 0 Å². The summed E-state index contributed by atoms with van der Waals surface area (Å²) in [4.78, 5) is 0. The summed E-state index contributed by atoms with van der Waals surface area (Å²) in [7, 11) is 0. The van der Waals surface area contributed by atoms with E-state index in [9.17, 15) is 5.11 Å². The standard InChI is InChI=1S/C15H31N3O2/c1-15(2,14(16)18-20)9-5-6-10-17-11-12-7-3-4-8-13(12)19/h12-13,17,19-20H,3-11H2,1-2H3,(H2,16,18). The van der Waals surface area contributed by atoms with E-state index >= 15 is 0 Å². The highest BCUT2D eigenvalue weighted by Gasteiger charge is 2.23. The first-order valence-electron chi connectivity index (χ1n) is 7.84. The van der Waals surface area contributed by atoms with Crippen molar-refractivity contribution in [3.8, 4) is 0 Å². The minimum Gasteiger partial charge on any atom is -0.409 e. The highest BCUT2D eigenvalue weighted by atomic mass is 16.4. The minimum atomic E-state index is -0.242. The molecule has 1 rings (SSSR count). The SMILES string of the molecule is CC(C)(CCCCNCC1CCCCC1O)C(N)=NO. The van der Waals surface area contributed by atoms with Gasteiger partial charge in [-0.2, -0.15) is 0 Å². The van der Waals surface area contributed by atoms with Crippen molar-refractivity contribution >= 4 is 5.84 Å². The van der Waals surface area contributed by atoms with E-state index in [2.05, 4.69) is 10.5 Å². The number of nitrogens with zero attached hydrogens (tertiary/aromatic N) is 1. The van der Waals surface area contributed by atoms with Crippen molar-refractivity contribution in [1.82, 2.24) is 5.32 Å². The number of unbranched alkanes of at least 4 members (excludes halogenated alkanes) is 1. The van der Waals surface area contributed by atoms with Crippen LogP contribution in [0, 0.1) is 11.3 Å². The third-order valence-electron chi connectivity index (χ3n) is 4.48. The van der Waals surface area contributed by atoms with Gasteiger partial charge in [0.2, 0.25) is 0 Å². The van der Waals surface area contributed by atoms with E-state index in [0.29, 0.717) is 11.8 Å². The van der Waals surface area contributed by atoms with E-state index in [1.807, 2.05) is 13.8 Å². The van der Waals surface area contributed by atoms with Crippen molar-refractivity contribution < 1.29 is 10.3 Å². The number of hydrogen-bond donors (Lipinski definition) is 4. The molecule has 5 heteroatoms. The summed E-state index contributed by atoms with van der Waals surface area (Å²) in [6.45, 7) is 5.88. The van der Waals surface area contributed by atoms with Gasteiger partial charge in [0.05, 0.1) is 6.10 Å². The first-order valence-corrected chi connectivity index (χ1v) is 7.84. The zero-order valence-corrected chi connectivity index (χ0v) is 12.9. The molecule has 1 aliphatic carbocycles. The summed E-state index contributed by atoms with van der Waals surface area (Å²) < 4.78 is 0. The summed E-state index contributed by atoms with van der Waals surface area (Å²) in [5.41, 5.74) is 5.42. The van der Waals surface area contributed by atoms with Gasteiger partial charge < -0.3 is 21.4 Å². The second-order valence-electron chi connectivity index (χ2n) is 6.64. The molecule has 2 unspecified atom stereocenters. The maximum Gasteiger partial charge on any atom is 0.144 e. The Morgan fingerprint density at radius 2 is 2.00 bits per heavy atom. The van der Waals surface area contributed by atoms with Crippen LogP contribution in [0.3, 0.4) is 0 Å². The number of rotatable bonds is 8. The first kappa shape index (κ1) is 17.2. The quantitative estimate of drug-likeness (QED) is 0.181. The molecule has 1 aliphatic rings. The molecule has 0 bridgehead atoms. The Morgan fingerprint density at radius 3 is 2.65 bits per heavy atom. The highest BCUT2D eigenvalue weighted by molar-refractivity contribution is 5.85. The number of amidine groups is 1. The smallest absolute Gasteiger partial charge is 0.144 e. The molecule has 0 heterocycles. The fourth-order valence-corrected chi connectivity index (χ4v) is 2.79. The number of nitrogens with one attached hydrogen (secondary N) is 1. The zero-order chi connectivity index (χ0) is 15.0. The molecule has 20 heavy (non-hydrogen) atoms. The Kier molecular flexibility index (Phi) is 7.30. The predicted octanol–water partition coefficient (Wildman–Crippen LogP) is 2.07. The molecule has 0 aromatic rings. The molecule has 0 saturated heterocycles. The topological polar surface area (TPSA) is 90.9 Å². The Bertz CT molecular complexity index is 305. The summed E-state index contributed by atoms with van der Waals surface area (Å²) in [6, 6.07) is 0. The second kappa shape index (κ2) is 8.47. The lowest BCUT2D eigenvalue weighted by Gasteiger charge is -2.27. The summed E-state index contributed by atoms with van der Waals surface area (Å²) >= 11 is 0. The maximum atomic E-state index is 9.88. The molecule has 0 amide bonds. The molecule has 2 atom stereocenters. The van der Waals surface area contributed by atoms with Gasteiger partial charge in [0.15, 0.2) is 0 Å². The van der Waals surface area contributed by atoms with Gasteiger partial charge >= 0.3 is 0 Å². The molecular formula is C15H31N3O2. The molecule has 0 aliphatic heterocycles. The van der Waals surface area contributed by atoms with Crippen LogP contribution in [0.2, 0.25) is 0 Å². The van der Waals surface area contributed by atoms with Gasteiger partial charge in [-0.15, -0.1) is 0 Å². The molecule has 0 aromatic heterocycles. The number of aliphatic hydroxyl groups excluding tert-OH is 1. The number of oxime groups is 1. The molecule has 5 N–H and O–H groups in total. The number of hydrogen-bond acceptors (Lipinski definition) is 4. The summed E-state index contributed by atoms with van der Waals surface area (Å²) in [6.07, 6.45) is 7.43. The van der Waals surface area contributed by atoms with Crippen molar-refractivity contribution in [2.75, 3.05) is 13.1 Å². The molecule has 0 aromatic carbocycles. The van der Waals surface area contributed by atoms with Crippen LogP contribution in [-0.2, 0) is 0 Å². The largest absolute Gasteiger partial charge is 0.409 e. The molecule has 5 nitrogen and oxygen atoms in total. The van der Waals surface area contributed by atoms with Crippen LogP contribution in [0.4, 0.5) is 0 Å². The molecule has 0 radical (unpaired) electrons. The molecular weight excluding hydrogens is 254 g/mol. The maximum absolute atomic E-state index is 9.88. The van der Waals surface area contributed by atoms with Gasteiger partial charge in [-0.25, -0.2) is 0 Å². The van der Waals surface area contributed by atoms with Gasteiger partial charge in [-0.3, -0.25) is 0 Å². The Hall–Kier alpha value is -0.810. The minimum absolute atomic E-state index is 0.115. The predicted molar refractivity (Wildman–Crippen MR) is 81.9 cm³/mol. The van der Waals surface area contributed by atoms with E-state index < -0.39 is 0 Å². The molecule has 0 spiro atoms. The van der Waals surface area contributed by atoms with E-state index in [4.69, 9.17) is 10.9 Å². The summed E-state index contributed by atoms with van der Waals surface area (Å²) in [5.74, 6) is 0.730. The normalized spacial score (nSPS) is 24.9. The van der Waals surface area contributed by atoms with Gasteiger partial charge in [-0.05, 0) is 38.1 Å². The van der Waals surface area contributed by atoms with Crippen LogP contribution in [0.15, 0.2) is 5.16 Å². The molecule has 118 valence electrons. The number of nitrogens with two attached hydrogens (primary N) is 1. The number of aliphatic hydroxyl groups is 1. The van der Waals surface area contributed by atoms with Crippen molar-refractivity contribution in [2.45, 2.75) is 64.9 Å². The van der Waals surface area contributed by atoms with Crippen molar-refractivity contribution in [1.29, 1.82) is 0 Å². The van der Waals surface area contributed by atoms with Crippen LogP contribution in [0.1, 0.15) is 58.8 Å². The lowest BCUT2D eigenvalue weighted by atomic mass is 9.86. The first-order chi connectivity index (χ1) is 9.47. The fraction of sp³-hybridized carbons (Fsp3) is 0.933. The summed E-state index contributed by atoms with van der Waals surface area (Å²) in [5, 5.41) is 25.1. The third-order valence-corrected chi connectivity index (χ3v) is 4.48. The monoisotopic (exact) mass is 285 g/mol. The Balaban J connectivity index is 2.07. The van der Waals surface area contributed by atoms with Crippen LogP contribution in [0.25, 0.3) is 0 Å². The Morgan fingerprint density at radius 1 is 1.30 bits per heavy atom. The van der Waals surface area contributed by atoms with Crippen molar-refractivity contribution in [3.63, 3.8) is 0 Å².